The molecule has 2 aromatic carbocycles. The Morgan fingerprint density at radius 1 is 1.16 bits per heavy atom. The second kappa shape index (κ2) is 12.4. The Bertz CT molecular complexity index is 1110. The van der Waals surface area contributed by atoms with E-state index in [2.05, 4.69) is 0 Å². The zero-order valence-electron chi connectivity index (χ0n) is 21.6. The first-order valence-electron chi connectivity index (χ1n) is 12.4. The van der Waals surface area contributed by atoms with E-state index in [0.29, 0.717) is 11.1 Å². The van der Waals surface area contributed by atoms with Crippen LogP contribution < -0.4 is 0 Å². The van der Waals surface area contributed by atoms with Gasteiger partial charge in [0.05, 0.1) is 17.2 Å². The summed E-state index contributed by atoms with van der Waals surface area (Å²) in [5.74, 6) is -2.75. The van der Waals surface area contributed by atoms with Crippen molar-refractivity contribution in [3.05, 3.63) is 76.4 Å². The number of hydrogen-bond acceptors (Lipinski definition) is 6. The molecule has 3 rings (SSSR count). The van der Waals surface area contributed by atoms with Gasteiger partial charge in [0, 0.05) is 6.61 Å². The van der Waals surface area contributed by atoms with Gasteiger partial charge in [-0.2, -0.15) is 0 Å². The molecule has 0 aliphatic carbocycles. The molecule has 0 saturated carbocycles. The van der Waals surface area contributed by atoms with Crippen LogP contribution in [0, 0.1) is 13.8 Å². The highest BCUT2D eigenvalue weighted by Crippen LogP contribution is 2.35. The Kier molecular flexibility index (Phi) is 9.59. The molecule has 0 radical (unpaired) electrons. The van der Waals surface area contributed by atoms with Gasteiger partial charge in [0.2, 0.25) is 0 Å². The zero-order chi connectivity index (χ0) is 27.2. The zero-order valence-corrected chi connectivity index (χ0v) is 21.6. The summed E-state index contributed by atoms with van der Waals surface area (Å²) in [5, 5.41) is 18.9. The second-order valence-electron chi connectivity index (χ2n) is 9.75. The Morgan fingerprint density at radius 2 is 1.86 bits per heavy atom. The molecule has 0 spiro atoms. The van der Waals surface area contributed by atoms with E-state index in [9.17, 15) is 19.8 Å². The van der Waals surface area contributed by atoms with Crippen molar-refractivity contribution < 1.29 is 38.4 Å². The third-order valence-corrected chi connectivity index (χ3v) is 6.18. The highest BCUT2D eigenvalue weighted by atomic mass is 19.1. The molecule has 200 valence electrons. The van der Waals surface area contributed by atoms with Gasteiger partial charge < -0.3 is 24.4 Å². The average molecular weight is 515 g/mol. The fourth-order valence-corrected chi connectivity index (χ4v) is 4.64. The summed E-state index contributed by atoms with van der Waals surface area (Å²) in [4.78, 5) is 24.6. The first-order valence-corrected chi connectivity index (χ1v) is 12.4. The van der Waals surface area contributed by atoms with Gasteiger partial charge in [0.25, 0.3) is 0 Å². The number of aryl methyl sites for hydroxylation is 2. The third-order valence-electron chi connectivity index (χ3n) is 6.18. The van der Waals surface area contributed by atoms with E-state index in [-0.39, 0.29) is 37.0 Å². The lowest BCUT2D eigenvalue weighted by Crippen LogP contribution is -2.44. The minimum atomic E-state index is -1.59. The van der Waals surface area contributed by atoms with Gasteiger partial charge in [0.1, 0.15) is 12.3 Å². The van der Waals surface area contributed by atoms with E-state index in [0.717, 1.165) is 5.56 Å². The van der Waals surface area contributed by atoms with Crippen LogP contribution in [0.2, 0.25) is 0 Å². The third kappa shape index (κ3) is 7.47. The summed E-state index contributed by atoms with van der Waals surface area (Å²) >= 11 is 0. The number of carboxylic acids is 1. The maximum Gasteiger partial charge on any atom is 0.338 e. The van der Waals surface area contributed by atoms with Crippen LogP contribution in [0.25, 0.3) is 6.08 Å². The number of hydrogen-bond donors (Lipinski definition) is 2. The molecule has 1 heterocycles. The molecule has 4 atom stereocenters. The fourth-order valence-electron chi connectivity index (χ4n) is 4.64. The number of alkyl halides is 1. The molecule has 2 N–H and O–H groups in total. The van der Waals surface area contributed by atoms with Crippen LogP contribution in [0.4, 0.5) is 4.39 Å². The van der Waals surface area contributed by atoms with Crippen molar-refractivity contribution in [3.63, 3.8) is 0 Å². The van der Waals surface area contributed by atoms with Crippen molar-refractivity contribution in [2.75, 3.05) is 6.61 Å². The highest BCUT2D eigenvalue weighted by molar-refractivity contribution is 5.94. The number of ether oxygens (including phenoxy) is 3. The minimum absolute atomic E-state index is 0.0172. The number of halogens is 1. The van der Waals surface area contributed by atoms with Crippen LogP contribution in [0.1, 0.15) is 70.5 Å². The molecule has 1 aliphatic rings. The molecular weight excluding hydrogens is 479 g/mol. The summed E-state index contributed by atoms with van der Waals surface area (Å²) in [6.07, 6.45) is -0.512. The highest BCUT2D eigenvalue weighted by Gasteiger charge is 2.48. The molecule has 1 saturated heterocycles. The number of rotatable bonds is 11. The van der Waals surface area contributed by atoms with Crippen LogP contribution in [-0.4, -0.2) is 59.0 Å². The minimum Gasteiger partial charge on any atom is -0.478 e. The number of aliphatic hydroxyl groups excluding tert-OH is 1. The Hall–Kier alpha value is -3.07. The van der Waals surface area contributed by atoms with E-state index in [1.807, 2.05) is 13.0 Å². The largest absolute Gasteiger partial charge is 0.478 e. The van der Waals surface area contributed by atoms with Crippen molar-refractivity contribution in [3.8, 4) is 0 Å². The molecule has 37 heavy (non-hydrogen) atoms. The van der Waals surface area contributed by atoms with E-state index in [1.54, 1.807) is 69.3 Å². The maximum absolute atomic E-state index is 15.4. The predicted octanol–water partition coefficient (Wildman–Crippen LogP) is 5.26. The first kappa shape index (κ1) is 28.5. The maximum atomic E-state index is 15.4. The van der Waals surface area contributed by atoms with Gasteiger partial charge in [-0.25, -0.2) is 14.0 Å². The van der Waals surface area contributed by atoms with Crippen molar-refractivity contribution in [2.45, 2.75) is 77.2 Å². The molecule has 0 aromatic heterocycles. The summed E-state index contributed by atoms with van der Waals surface area (Å²) in [6, 6.07) is 11.9. The normalized spacial score (nSPS) is 20.6. The number of carbonyl (C=O) groups is 2. The van der Waals surface area contributed by atoms with Gasteiger partial charge in [-0.15, -0.1) is 0 Å². The molecule has 2 unspecified atom stereocenters. The van der Waals surface area contributed by atoms with Crippen LogP contribution >= 0.6 is 0 Å². The lowest BCUT2D eigenvalue weighted by Gasteiger charge is -2.29. The topological polar surface area (TPSA) is 102 Å². The van der Waals surface area contributed by atoms with Gasteiger partial charge in [-0.1, -0.05) is 48.0 Å². The molecular formula is C29H35FO7. The summed E-state index contributed by atoms with van der Waals surface area (Å²) in [5.41, 5.74) is 2.64. The molecule has 2 aromatic rings. The lowest BCUT2D eigenvalue weighted by molar-refractivity contribution is -0.160. The van der Waals surface area contributed by atoms with E-state index in [1.165, 1.54) is 0 Å². The molecule has 0 amide bonds. The van der Waals surface area contributed by atoms with Crippen molar-refractivity contribution in [2.24, 2.45) is 0 Å². The smallest absolute Gasteiger partial charge is 0.338 e. The standard InChI is InChI=1S/C29H35FO7/c1-18-16-19(2)24(27(32)33)21(17-18)12-8-14-23-26(37-29(3,4)36-23)25(22(30)13-9-15-31)35-28(34)20-10-6-5-7-11-20/h5-8,10-12,16-17,22-23,25-26,31H,9,13-15H2,1-4H3,(H,32,33)/b12-8+/t22?,23-,25?,26+/m1/s1. The van der Waals surface area contributed by atoms with Gasteiger partial charge in [-0.3, -0.25) is 0 Å². The number of carbonyl (C=O) groups excluding carboxylic acids is 1. The van der Waals surface area contributed by atoms with Gasteiger partial charge in [-0.05, 0) is 70.2 Å². The summed E-state index contributed by atoms with van der Waals surface area (Å²) in [6.45, 7) is 6.85. The average Bonchev–Trinajstić information content (AvgIpc) is 3.14. The summed E-state index contributed by atoms with van der Waals surface area (Å²) < 4.78 is 33.1. The number of benzene rings is 2. The molecule has 1 aliphatic heterocycles. The molecule has 7 nitrogen and oxygen atoms in total. The second-order valence-corrected chi connectivity index (χ2v) is 9.75. The Morgan fingerprint density at radius 3 is 2.51 bits per heavy atom. The van der Waals surface area contributed by atoms with Crippen molar-refractivity contribution >= 4 is 18.0 Å². The fraction of sp³-hybridized carbons (Fsp3) is 0.448. The number of carboxylic acid groups (broad SMARTS) is 1. The van der Waals surface area contributed by atoms with Crippen molar-refractivity contribution in [1.29, 1.82) is 0 Å². The monoisotopic (exact) mass is 514 g/mol. The van der Waals surface area contributed by atoms with Crippen LogP contribution in [-0.2, 0) is 14.2 Å². The van der Waals surface area contributed by atoms with E-state index < -0.39 is 42.2 Å². The molecule has 1 fully saturated rings. The molecule has 0 bridgehead atoms. The van der Waals surface area contributed by atoms with E-state index in [4.69, 9.17) is 14.2 Å². The van der Waals surface area contributed by atoms with Gasteiger partial charge >= 0.3 is 11.9 Å². The SMILES string of the molecule is Cc1cc(C)c(C(=O)O)c(/C=C/C[C@H]2OC(C)(C)O[C@@H]2C(OC(=O)c2ccccc2)C(F)CCCO)c1. The number of aliphatic hydroxyl groups is 1. The number of esters is 1. The van der Waals surface area contributed by atoms with Crippen LogP contribution in [0.15, 0.2) is 48.5 Å². The molecule has 8 heteroatoms. The lowest BCUT2D eigenvalue weighted by atomic mass is 9.96. The predicted molar refractivity (Wildman–Crippen MR) is 137 cm³/mol. The number of aromatic carboxylic acids is 1. The van der Waals surface area contributed by atoms with Crippen LogP contribution in [0.3, 0.4) is 0 Å². The van der Waals surface area contributed by atoms with Crippen molar-refractivity contribution in [1.82, 2.24) is 0 Å². The first-order chi connectivity index (χ1) is 17.5. The van der Waals surface area contributed by atoms with Crippen LogP contribution in [0.5, 0.6) is 0 Å². The Labute approximate surface area is 216 Å². The Balaban J connectivity index is 1.86. The summed E-state index contributed by atoms with van der Waals surface area (Å²) in [7, 11) is 0. The van der Waals surface area contributed by atoms with E-state index >= 15 is 4.39 Å². The van der Waals surface area contributed by atoms with Gasteiger partial charge in [0.15, 0.2) is 11.9 Å². The quantitative estimate of drug-likeness (QED) is 0.394.